The van der Waals surface area contributed by atoms with Gasteiger partial charge in [-0.15, -0.1) is 0 Å². The lowest BCUT2D eigenvalue weighted by molar-refractivity contribution is 0.384. The van der Waals surface area contributed by atoms with Gasteiger partial charge in [-0.1, -0.05) is 30.3 Å². The van der Waals surface area contributed by atoms with Crippen molar-refractivity contribution in [1.82, 2.24) is 14.3 Å². The zero-order valence-corrected chi connectivity index (χ0v) is 17.6. The van der Waals surface area contributed by atoms with E-state index in [9.17, 15) is 8.42 Å². The molecule has 2 aliphatic rings. The van der Waals surface area contributed by atoms with E-state index in [1.54, 1.807) is 22.6 Å². The Balaban J connectivity index is 1.31. The van der Waals surface area contributed by atoms with E-state index in [1.807, 2.05) is 36.4 Å². The fourth-order valence-corrected chi connectivity index (χ4v) is 5.68. The largest absolute Gasteiger partial charge is 0.354 e. The zero-order valence-electron chi connectivity index (χ0n) is 16.8. The first kappa shape index (κ1) is 19.3. The van der Waals surface area contributed by atoms with E-state index < -0.39 is 10.0 Å². The second-order valence-corrected chi connectivity index (χ2v) is 9.75. The number of hydrogen-bond donors (Lipinski definition) is 0. The summed E-state index contributed by atoms with van der Waals surface area (Å²) in [4.78, 5) is 13.9. The minimum atomic E-state index is -3.51. The average molecular weight is 424 g/mol. The van der Waals surface area contributed by atoms with Gasteiger partial charge < -0.3 is 9.80 Å². The number of fused-ring (bicyclic) bond motifs is 1. The normalized spacial score (nSPS) is 18.3. The van der Waals surface area contributed by atoms with Crippen LogP contribution in [0.1, 0.15) is 12.8 Å². The minimum absolute atomic E-state index is 0.355. The molecular weight excluding hydrogens is 398 g/mol. The van der Waals surface area contributed by atoms with Crippen molar-refractivity contribution in [2.45, 2.75) is 17.7 Å². The number of benzene rings is 2. The van der Waals surface area contributed by atoms with E-state index in [-0.39, 0.29) is 0 Å². The molecule has 0 saturated carbocycles. The fourth-order valence-electron chi connectivity index (χ4n) is 4.22. The first-order valence-electron chi connectivity index (χ1n) is 10.4. The Morgan fingerprint density at radius 2 is 1.50 bits per heavy atom. The molecule has 2 aliphatic heterocycles. The van der Waals surface area contributed by atoms with Crippen molar-refractivity contribution in [3.8, 4) is 0 Å². The molecule has 1 aromatic heterocycles. The van der Waals surface area contributed by atoms with Gasteiger partial charge in [0, 0.05) is 45.5 Å². The molecule has 0 radical (unpaired) electrons. The number of aromatic nitrogens is 2. The molecule has 2 saturated heterocycles. The molecule has 0 N–H and O–H groups in total. The summed E-state index contributed by atoms with van der Waals surface area (Å²) >= 11 is 0. The number of rotatable bonds is 4. The van der Waals surface area contributed by atoms with Gasteiger partial charge >= 0.3 is 0 Å². The maximum Gasteiger partial charge on any atom is 0.243 e. The highest BCUT2D eigenvalue weighted by Crippen LogP contribution is 2.24. The zero-order chi connectivity index (χ0) is 20.6. The van der Waals surface area contributed by atoms with Gasteiger partial charge in [0.15, 0.2) is 0 Å². The van der Waals surface area contributed by atoms with E-state index in [0.29, 0.717) is 31.1 Å². The molecule has 3 heterocycles. The molecule has 30 heavy (non-hydrogen) atoms. The molecule has 5 rings (SSSR count). The van der Waals surface area contributed by atoms with Gasteiger partial charge in [-0.2, -0.15) is 9.29 Å². The third-order valence-electron chi connectivity index (χ3n) is 5.94. The molecule has 2 fully saturated rings. The highest BCUT2D eigenvalue weighted by atomic mass is 32.2. The lowest BCUT2D eigenvalue weighted by Gasteiger charge is -2.35. The van der Waals surface area contributed by atoms with Crippen molar-refractivity contribution in [1.29, 1.82) is 0 Å². The Morgan fingerprint density at radius 3 is 2.27 bits per heavy atom. The predicted octanol–water partition coefficient (Wildman–Crippen LogP) is 2.74. The Morgan fingerprint density at radius 1 is 0.767 bits per heavy atom. The van der Waals surface area contributed by atoms with Crippen LogP contribution in [0.15, 0.2) is 59.6 Å². The van der Waals surface area contributed by atoms with E-state index in [1.165, 1.54) is 12.8 Å². The molecule has 0 spiro atoms. The van der Waals surface area contributed by atoms with Crippen LogP contribution in [-0.2, 0) is 10.0 Å². The van der Waals surface area contributed by atoms with Crippen molar-refractivity contribution in [2.75, 3.05) is 49.1 Å². The van der Waals surface area contributed by atoms with Crippen LogP contribution in [0.4, 0.5) is 11.8 Å². The van der Waals surface area contributed by atoms with Gasteiger partial charge in [0.05, 0.1) is 4.90 Å². The number of sulfonamides is 1. The Hall–Kier alpha value is -2.71. The van der Waals surface area contributed by atoms with Gasteiger partial charge in [-0.3, -0.25) is 0 Å². The minimum Gasteiger partial charge on any atom is -0.354 e. The van der Waals surface area contributed by atoms with Crippen LogP contribution in [0.3, 0.4) is 0 Å². The van der Waals surface area contributed by atoms with Crippen LogP contribution < -0.4 is 9.80 Å². The van der Waals surface area contributed by atoms with E-state index in [4.69, 9.17) is 4.98 Å². The standard InChI is InChI=1S/C22H25N5O2S/c28-30(29,20-8-7-18-5-1-2-6-19(18)17-20)27-15-13-25(14-16-27)21-9-10-23-22(24-21)26-11-3-4-12-26/h1-2,5-10,17H,3-4,11-16H2. The second kappa shape index (κ2) is 7.85. The van der Waals surface area contributed by atoms with Crippen LogP contribution in [0, 0.1) is 0 Å². The molecule has 156 valence electrons. The fraction of sp³-hybridized carbons (Fsp3) is 0.364. The van der Waals surface area contributed by atoms with Crippen LogP contribution in [0.5, 0.6) is 0 Å². The number of anilines is 2. The third-order valence-corrected chi connectivity index (χ3v) is 7.83. The molecule has 2 aromatic carbocycles. The van der Waals surface area contributed by atoms with Crippen LogP contribution in [-0.4, -0.2) is 62.0 Å². The first-order chi connectivity index (χ1) is 14.6. The maximum atomic E-state index is 13.2. The van der Waals surface area contributed by atoms with Crippen molar-refractivity contribution in [2.24, 2.45) is 0 Å². The molecule has 3 aromatic rings. The van der Waals surface area contributed by atoms with Gasteiger partial charge in [0.25, 0.3) is 0 Å². The number of piperazine rings is 1. The Bertz CT molecular complexity index is 1150. The summed E-state index contributed by atoms with van der Waals surface area (Å²) < 4.78 is 27.9. The Labute approximate surface area is 177 Å². The van der Waals surface area contributed by atoms with E-state index >= 15 is 0 Å². The summed E-state index contributed by atoms with van der Waals surface area (Å²) in [5.41, 5.74) is 0. The van der Waals surface area contributed by atoms with Gasteiger partial charge in [-0.25, -0.2) is 13.4 Å². The van der Waals surface area contributed by atoms with E-state index in [2.05, 4.69) is 14.8 Å². The molecule has 0 aliphatic carbocycles. The first-order valence-corrected chi connectivity index (χ1v) is 11.9. The summed E-state index contributed by atoms with van der Waals surface area (Å²) in [6.07, 6.45) is 4.16. The molecular formula is C22H25N5O2S. The average Bonchev–Trinajstić information content (AvgIpc) is 3.34. The molecule has 0 amide bonds. The highest BCUT2D eigenvalue weighted by Gasteiger charge is 2.29. The third kappa shape index (κ3) is 3.61. The molecule has 0 bridgehead atoms. The topological polar surface area (TPSA) is 69.6 Å². The predicted molar refractivity (Wildman–Crippen MR) is 118 cm³/mol. The second-order valence-electron chi connectivity index (χ2n) is 7.81. The summed E-state index contributed by atoms with van der Waals surface area (Å²) in [6.45, 7) is 4.12. The van der Waals surface area contributed by atoms with Gasteiger partial charge in [0.1, 0.15) is 5.82 Å². The van der Waals surface area contributed by atoms with Crippen LogP contribution in [0.25, 0.3) is 10.8 Å². The summed E-state index contributed by atoms with van der Waals surface area (Å²) in [5, 5.41) is 1.98. The summed E-state index contributed by atoms with van der Waals surface area (Å²) in [7, 11) is -3.51. The number of nitrogens with zero attached hydrogens (tertiary/aromatic N) is 5. The summed E-state index contributed by atoms with van der Waals surface area (Å²) in [5.74, 6) is 1.64. The van der Waals surface area contributed by atoms with Crippen LogP contribution >= 0.6 is 0 Å². The lowest BCUT2D eigenvalue weighted by atomic mass is 10.1. The monoisotopic (exact) mass is 423 g/mol. The maximum absolute atomic E-state index is 13.2. The van der Waals surface area contributed by atoms with E-state index in [0.717, 1.165) is 35.6 Å². The summed E-state index contributed by atoms with van der Waals surface area (Å²) in [6, 6.07) is 15.1. The SMILES string of the molecule is O=S(=O)(c1ccc2ccccc2c1)N1CCN(c2ccnc(N3CCCC3)n2)CC1. The molecule has 8 heteroatoms. The van der Waals surface area contributed by atoms with Crippen molar-refractivity contribution in [3.05, 3.63) is 54.7 Å². The van der Waals surface area contributed by atoms with Crippen molar-refractivity contribution >= 4 is 32.6 Å². The molecule has 7 nitrogen and oxygen atoms in total. The van der Waals surface area contributed by atoms with Gasteiger partial charge in [0.2, 0.25) is 16.0 Å². The van der Waals surface area contributed by atoms with Gasteiger partial charge in [-0.05, 0) is 41.8 Å². The van der Waals surface area contributed by atoms with Crippen LogP contribution in [0.2, 0.25) is 0 Å². The number of hydrogen-bond acceptors (Lipinski definition) is 6. The molecule has 0 unspecified atom stereocenters. The van der Waals surface area contributed by atoms with Crippen molar-refractivity contribution in [3.63, 3.8) is 0 Å². The molecule has 0 atom stereocenters. The quantitative estimate of drug-likeness (QED) is 0.643. The highest BCUT2D eigenvalue weighted by molar-refractivity contribution is 7.89. The lowest BCUT2D eigenvalue weighted by Crippen LogP contribution is -2.49. The van der Waals surface area contributed by atoms with Crippen molar-refractivity contribution < 1.29 is 8.42 Å². The smallest absolute Gasteiger partial charge is 0.243 e. The Kier molecular flexibility index (Phi) is 5.04.